The number of para-hydroxylation sites is 1. The van der Waals surface area contributed by atoms with Crippen molar-refractivity contribution in [2.45, 2.75) is 26.6 Å². The Morgan fingerprint density at radius 1 is 1.03 bits per heavy atom. The Balaban J connectivity index is 1.25. The summed E-state index contributed by atoms with van der Waals surface area (Å²) in [6.07, 6.45) is -0.866. The van der Waals surface area contributed by atoms with Gasteiger partial charge in [0.25, 0.3) is 5.91 Å². The van der Waals surface area contributed by atoms with Gasteiger partial charge >= 0.3 is 5.97 Å². The fourth-order valence-corrected chi connectivity index (χ4v) is 4.28. The molecule has 3 aromatic rings. The van der Waals surface area contributed by atoms with Crippen LogP contribution in [0.15, 0.2) is 60.0 Å². The quantitative estimate of drug-likeness (QED) is 0.493. The molecule has 0 radical (unpaired) electrons. The van der Waals surface area contributed by atoms with E-state index in [2.05, 4.69) is 22.0 Å². The topological polar surface area (TPSA) is 72.0 Å². The van der Waals surface area contributed by atoms with E-state index in [1.807, 2.05) is 49.4 Å². The molecule has 0 bridgehead atoms. The van der Waals surface area contributed by atoms with E-state index in [0.717, 1.165) is 30.1 Å². The Labute approximate surface area is 197 Å². The van der Waals surface area contributed by atoms with Crippen LogP contribution in [0.3, 0.4) is 0 Å². The van der Waals surface area contributed by atoms with Crippen molar-refractivity contribution < 1.29 is 19.1 Å². The summed E-state index contributed by atoms with van der Waals surface area (Å²) in [7, 11) is 0. The zero-order valence-corrected chi connectivity index (χ0v) is 19.6. The second-order valence-electron chi connectivity index (χ2n) is 7.92. The van der Waals surface area contributed by atoms with Crippen molar-refractivity contribution in [1.29, 1.82) is 0 Å². The fraction of sp³-hybridized carbons (Fsp3) is 0.320. The number of piperazine rings is 1. The fourth-order valence-electron chi connectivity index (χ4n) is 3.60. The standard InChI is InChI=1S/C25H27N3O4S/c1-18-8-10-21(11-9-18)31-16-23-26-22(17-33-23)25(30)32-19(2)24(29)28-14-12-27(13-15-28)20-6-4-3-5-7-20/h3-11,17,19H,12-16H2,1-2H3. The Morgan fingerprint density at radius 3 is 2.42 bits per heavy atom. The number of rotatable bonds is 7. The number of hydrogen-bond acceptors (Lipinski definition) is 7. The van der Waals surface area contributed by atoms with Crippen molar-refractivity contribution in [3.63, 3.8) is 0 Å². The molecule has 1 amide bonds. The summed E-state index contributed by atoms with van der Waals surface area (Å²) in [6.45, 7) is 6.55. The van der Waals surface area contributed by atoms with Crippen molar-refractivity contribution in [3.05, 3.63) is 76.2 Å². The number of ether oxygens (including phenoxy) is 2. The molecule has 172 valence electrons. The van der Waals surface area contributed by atoms with E-state index in [4.69, 9.17) is 9.47 Å². The summed E-state index contributed by atoms with van der Waals surface area (Å²) in [5, 5.41) is 2.30. The maximum atomic E-state index is 12.8. The largest absolute Gasteiger partial charge is 0.486 e. The lowest BCUT2D eigenvalue weighted by Crippen LogP contribution is -2.51. The number of amides is 1. The highest BCUT2D eigenvalue weighted by atomic mass is 32.1. The second-order valence-corrected chi connectivity index (χ2v) is 8.87. The molecule has 1 aliphatic heterocycles. The van der Waals surface area contributed by atoms with Crippen LogP contribution in [0, 0.1) is 6.92 Å². The maximum Gasteiger partial charge on any atom is 0.358 e. The lowest BCUT2D eigenvalue weighted by Gasteiger charge is -2.37. The van der Waals surface area contributed by atoms with Crippen molar-refractivity contribution in [2.24, 2.45) is 0 Å². The highest BCUT2D eigenvalue weighted by molar-refractivity contribution is 7.09. The predicted octanol–water partition coefficient (Wildman–Crippen LogP) is 3.92. The summed E-state index contributed by atoms with van der Waals surface area (Å²) in [5.41, 5.74) is 2.49. The molecule has 2 heterocycles. The van der Waals surface area contributed by atoms with Crippen molar-refractivity contribution in [1.82, 2.24) is 9.88 Å². The van der Waals surface area contributed by atoms with Gasteiger partial charge in [-0.3, -0.25) is 4.79 Å². The normalized spacial score (nSPS) is 14.6. The summed E-state index contributed by atoms with van der Waals surface area (Å²) in [6, 6.07) is 17.9. The van der Waals surface area contributed by atoms with Crippen LogP contribution in [0.2, 0.25) is 0 Å². The first-order chi connectivity index (χ1) is 16.0. The Morgan fingerprint density at radius 2 is 1.73 bits per heavy atom. The van der Waals surface area contributed by atoms with Crippen LogP contribution in [-0.4, -0.2) is 54.0 Å². The molecular formula is C25H27N3O4S. The minimum Gasteiger partial charge on any atom is -0.486 e. The lowest BCUT2D eigenvalue weighted by atomic mass is 10.2. The zero-order valence-electron chi connectivity index (χ0n) is 18.8. The third kappa shape index (κ3) is 5.90. The van der Waals surface area contributed by atoms with E-state index in [1.165, 1.54) is 11.3 Å². The van der Waals surface area contributed by atoms with E-state index in [1.54, 1.807) is 17.2 Å². The first kappa shape index (κ1) is 22.8. The van der Waals surface area contributed by atoms with Crippen LogP contribution < -0.4 is 9.64 Å². The molecule has 1 unspecified atom stereocenters. The Bertz CT molecular complexity index is 1080. The molecule has 1 atom stereocenters. The third-order valence-electron chi connectivity index (χ3n) is 5.49. The molecule has 1 fully saturated rings. The van der Waals surface area contributed by atoms with Gasteiger partial charge in [0.1, 0.15) is 17.4 Å². The average Bonchev–Trinajstić information content (AvgIpc) is 3.33. The Hall–Kier alpha value is -3.39. The number of aryl methyl sites for hydroxylation is 1. The third-order valence-corrected chi connectivity index (χ3v) is 6.31. The summed E-state index contributed by atoms with van der Waals surface area (Å²) in [4.78, 5) is 33.6. The number of carbonyl (C=O) groups excluding carboxylic acids is 2. The van der Waals surface area contributed by atoms with E-state index in [9.17, 15) is 9.59 Å². The van der Waals surface area contributed by atoms with E-state index < -0.39 is 12.1 Å². The monoisotopic (exact) mass is 465 g/mol. The number of esters is 1. The van der Waals surface area contributed by atoms with Gasteiger partial charge in [-0.15, -0.1) is 11.3 Å². The van der Waals surface area contributed by atoms with Gasteiger partial charge in [0.05, 0.1) is 0 Å². The number of aromatic nitrogens is 1. The number of nitrogens with zero attached hydrogens (tertiary/aromatic N) is 3. The number of hydrogen-bond donors (Lipinski definition) is 0. The number of benzene rings is 2. The first-order valence-corrected chi connectivity index (χ1v) is 11.8. The molecule has 33 heavy (non-hydrogen) atoms. The van der Waals surface area contributed by atoms with E-state index in [-0.39, 0.29) is 18.2 Å². The molecule has 8 heteroatoms. The van der Waals surface area contributed by atoms with Crippen molar-refractivity contribution >= 4 is 28.9 Å². The van der Waals surface area contributed by atoms with Gasteiger partial charge in [-0.05, 0) is 38.1 Å². The van der Waals surface area contributed by atoms with E-state index in [0.29, 0.717) is 18.1 Å². The number of thiazole rings is 1. The molecular weight excluding hydrogens is 438 g/mol. The van der Waals surface area contributed by atoms with Gasteiger partial charge in [-0.1, -0.05) is 35.9 Å². The Kier molecular flexibility index (Phi) is 7.24. The van der Waals surface area contributed by atoms with Gasteiger partial charge in [-0.2, -0.15) is 0 Å². The van der Waals surface area contributed by atoms with Gasteiger partial charge in [0, 0.05) is 37.2 Å². The lowest BCUT2D eigenvalue weighted by molar-refractivity contribution is -0.140. The van der Waals surface area contributed by atoms with Crippen LogP contribution in [0.1, 0.15) is 28.0 Å². The van der Waals surface area contributed by atoms with Crippen LogP contribution in [0.5, 0.6) is 5.75 Å². The summed E-state index contributed by atoms with van der Waals surface area (Å²) >= 11 is 1.32. The van der Waals surface area contributed by atoms with Crippen LogP contribution >= 0.6 is 11.3 Å². The molecule has 4 rings (SSSR count). The SMILES string of the molecule is Cc1ccc(OCc2nc(C(=O)OC(C)C(=O)N3CCN(c4ccccc4)CC3)cs2)cc1. The second kappa shape index (κ2) is 10.5. The van der Waals surface area contributed by atoms with Gasteiger partial charge in [0.15, 0.2) is 11.8 Å². The van der Waals surface area contributed by atoms with E-state index >= 15 is 0 Å². The molecule has 1 aliphatic rings. The van der Waals surface area contributed by atoms with Crippen molar-refractivity contribution in [3.8, 4) is 5.75 Å². The first-order valence-electron chi connectivity index (χ1n) is 10.9. The van der Waals surface area contributed by atoms with Crippen LogP contribution in [0.4, 0.5) is 5.69 Å². The van der Waals surface area contributed by atoms with Gasteiger partial charge < -0.3 is 19.3 Å². The molecule has 1 aromatic heterocycles. The molecule has 0 spiro atoms. The number of carbonyl (C=O) groups is 2. The van der Waals surface area contributed by atoms with Crippen LogP contribution in [0.25, 0.3) is 0 Å². The predicted molar refractivity (Wildman–Crippen MR) is 128 cm³/mol. The van der Waals surface area contributed by atoms with Gasteiger partial charge in [-0.25, -0.2) is 9.78 Å². The molecule has 2 aromatic carbocycles. The summed E-state index contributed by atoms with van der Waals surface area (Å²) in [5.74, 6) is -0.0441. The minimum absolute atomic E-state index is 0.186. The summed E-state index contributed by atoms with van der Waals surface area (Å²) < 4.78 is 11.1. The molecule has 1 saturated heterocycles. The maximum absolute atomic E-state index is 12.8. The van der Waals surface area contributed by atoms with Gasteiger partial charge in [0.2, 0.25) is 0 Å². The van der Waals surface area contributed by atoms with Crippen molar-refractivity contribution in [2.75, 3.05) is 31.1 Å². The minimum atomic E-state index is -0.866. The highest BCUT2D eigenvalue weighted by Gasteiger charge is 2.28. The average molecular weight is 466 g/mol. The molecule has 7 nitrogen and oxygen atoms in total. The highest BCUT2D eigenvalue weighted by Crippen LogP contribution is 2.18. The zero-order chi connectivity index (χ0) is 23.2. The molecule has 0 aliphatic carbocycles. The molecule has 0 N–H and O–H groups in total. The molecule has 0 saturated carbocycles. The van der Waals surface area contributed by atoms with Crippen LogP contribution in [-0.2, 0) is 16.1 Å². The number of anilines is 1. The smallest absolute Gasteiger partial charge is 0.358 e.